The van der Waals surface area contributed by atoms with Gasteiger partial charge in [-0.15, -0.1) is 0 Å². The van der Waals surface area contributed by atoms with E-state index in [0.717, 1.165) is 53.7 Å². The minimum atomic E-state index is -0.492. The van der Waals surface area contributed by atoms with E-state index < -0.39 is 5.91 Å². The Hall–Kier alpha value is -2.89. The van der Waals surface area contributed by atoms with Crippen molar-refractivity contribution in [2.45, 2.75) is 99.3 Å². The van der Waals surface area contributed by atoms with Crippen LogP contribution in [0.15, 0.2) is 76.7 Å². The number of nitrogens with zero attached hydrogens (tertiary/aromatic N) is 2. The number of halogens is 1. The molecule has 1 aromatic carbocycles. The fourth-order valence-electron chi connectivity index (χ4n) is 4.22. The summed E-state index contributed by atoms with van der Waals surface area (Å²) in [5, 5.41) is 8.97. The molecule has 0 fully saturated rings. The summed E-state index contributed by atoms with van der Waals surface area (Å²) in [7, 11) is 1.81. The third-order valence-corrected chi connectivity index (χ3v) is 6.96. The molecule has 1 aromatic rings. The maximum absolute atomic E-state index is 11.5. The van der Waals surface area contributed by atoms with Crippen LogP contribution in [0.5, 0.6) is 0 Å². The number of aliphatic imine (C=N–C) groups is 1. The Morgan fingerprint density at radius 1 is 1.05 bits per heavy atom. The smallest absolute Gasteiger partial charge is 0.248 e. The van der Waals surface area contributed by atoms with Crippen molar-refractivity contribution in [2.24, 2.45) is 10.7 Å². The Balaban J connectivity index is 0.00000124. The van der Waals surface area contributed by atoms with Gasteiger partial charge in [0.2, 0.25) is 5.91 Å². The van der Waals surface area contributed by atoms with E-state index in [4.69, 9.17) is 22.4 Å². The van der Waals surface area contributed by atoms with Crippen molar-refractivity contribution < 1.29 is 9.90 Å². The van der Waals surface area contributed by atoms with Gasteiger partial charge in [0.1, 0.15) is 5.16 Å². The highest BCUT2D eigenvalue weighted by Crippen LogP contribution is 2.35. The van der Waals surface area contributed by atoms with Gasteiger partial charge in [-0.05, 0) is 60.6 Å². The molecule has 6 heteroatoms. The summed E-state index contributed by atoms with van der Waals surface area (Å²) < 4.78 is 0. The molecule has 0 atom stereocenters. The van der Waals surface area contributed by atoms with Crippen molar-refractivity contribution in [1.82, 2.24) is 4.90 Å². The summed E-state index contributed by atoms with van der Waals surface area (Å²) in [4.78, 5) is 17.7. The first-order valence-corrected chi connectivity index (χ1v) is 15.6. The topological polar surface area (TPSA) is 78.9 Å². The highest BCUT2D eigenvalue weighted by Gasteiger charge is 2.20. The molecule has 0 saturated carbocycles. The lowest BCUT2D eigenvalue weighted by atomic mass is 9.90. The molecule has 2 rings (SSSR count). The van der Waals surface area contributed by atoms with Gasteiger partial charge in [-0.1, -0.05) is 122 Å². The average Bonchev–Trinajstić information content (AvgIpc) is 2.99. The highest BCUT2D eigenvalue weighted by atomic mass is 35.5. The molecule has 0 spiro atoms. The molecule has 41 heavy (non-hydrogen) atoms. The molecule has 0 unspecified atom stereocenters. The molecule has 0 radical (unpaired) electrons. The number of amides is 1. The lowest BCUT2D eigenvalue weighted by molar-refractivity contribution is -0.114. The number of carbonyl (C=O) groups excluding carboxylic acids is 1. The zero-order chi connectivity index (χ0) is 31.2. The van der Waals surface area contributed by atoms with Gasteiger partial charge in [-0.25, -0.2) is 0 Å². The van der Waals surface area contributed by atoms with E-state index in [1.54, 1.807) is 23.3 Å². The molecular weight excluding hydrogens is 530 g/mol. The number of primary amides is 1. The number of allylic oxidation sites excluding steroid dienone is 4. The Kier molecular flexibility index (Phi) is 21.2. The molecule has 1 heterocycles. The van der Waals surface area contributed by atoms with E-state index in [1.807, 2.05) is 40.0 Å². The number of benzene rings is 1. The molecular formula is C35H54ClN3O2. The summed E-state index contributed by atoms with van der Waals surface area (Å²) in [5.41, 5.74) is 11.6. The largest absolute Gasteiger partial charge is 0.396 e. The summed E-state index contributed by atoms with van der Waals surface area (Å²) in [6, 6.07) is 8.24. The Morgan fingerprint density at radius 3 is 2.17 bits per heavy atom. The molecule has 228 valence electrons. The van der Waals surface area contributed by atoms with Crippen molar-refractivity contribution >= 4 is 34.4 Å². The Bertz CT molecular complexity index is 1090. The number of aliphatic hydroxyl groups excluding tert-OH is 1. The molecule has 0 aromatic heterocycles. The van der Waals surface area contributed by atoms with Gasteiger partial charge in [0.15, 0.2) is 0 Å². The third kappa shape index (κ3) is 13.1. The SMILES string of the molecule is C=C1C=C(C(N)=O)C=CN1/C(Cl)=C(\CC)c1ccccc1/C(=C/CCC)C(C)=NC.CC.CCCCCCCCO. The van der Waals surface area contributed by atoms with Crippen LogP contribution >= 0.6 is 11.6 Å². The van der Waals surface area contributed by atoms with Crippen molar-refractivity contribution in [1.29, 1.82) is 0 Å². The molecule has 1 amide bonds. The minimum absolute atomic E-state index is 0.367. The number of hydrogen-bond donors (Lipinski definition) is 2. The second-order valence-corrected chi connectivity index (χ2v) is 9.87. The summed E-state index contributed by atoms with van der Waals surface area (Å²) in [5.74, 6) is -0.492. The maximum atomic E-state index is 11.5. The first kappa shape index (κ1) is 38.1. The van der Waals surface area contributed by atoms with Crippen molar-refractivity contribution in [3.8, 4) is 0 Å². The first-order chi connectivity index (χ1) is 19.8. The van der Waals surface area contributed by atoms with Gasteiger partial charge in [0.05, 0.1) is 0 Å². The van der Waals surface area contributed by atoms with Gasteiger partial charge in [0, 0.05) is 36.8 Å². The lowest BCUT2D eigenvalue weighted by Gasteiger charge is -2.26. The van der Waals surface area contributed by atoms with Crippen LogP contribution in [0.2, 0.25) is 0 Å². The Morgan fingerprint density at radius 2 is 1.66 bits per heavy atom. The van der Waals surface area contributed by atoms with E-state index in [2.05, 4.69) is 50.6 Å². The second kappa shape index (κ2) is 22.8. The van der Waals surface area contributed by atoms with Crippen LogP contribution in [0.4, 0.5) is 0 Å². The lowest BCUT2D eigenvalue weighted by Crippen LogP contribution is -2.20. The molecule has 3 N–H and O–H groups in total. The molecule has 0 bridgehead atoms. The monoisotopic (exact) mass is 583 g/mol. The van der Waals surface area contributed by atoms with Gasteiger partial charge in [-0.2, -0.15) is 0 Å². The zero-order valence-electron chi connectivity index (χ0n) is 26.6. The van der Waals surface area contributed by atoms with Crippen molar-refractivity contribution in [2.75, 3.05) is 13.7 Å². The van der Waals surface area contributed by atoms with Crippen molar-refractivity contribution in [3.05, 3.63) is 82.8 Å². The Labute approximate surface area is 255 Å². The standard InChI is InChI=1S/C25H30ClN3O.C8H18O.C2H6/c1-6-8-11-21(18(4)28-5)23-13-10-9-12-22(23)20(7-2)24(26)29-15-14-19(25(27)30)16-17(29)3;1-2-3-4-5-6-7-8-9;1-2/h9-16H,3,6-8H2,1-2,4-5H3,(H2,27,30);9H,2-8H2,1H3;1-2H3/b21-11+,24-20+,28-18?;;. The molecule has 5 nitrogen and oxygen atoms in total. The van der Waals surface area contributed by atoms with Crippen LogP contribution in [-0.2, 0) is 4.79 Å². The van der Waals surface area contributed by atoms with E-state index in [0.29, 0.717) is 23.0 Å². The van der Waals surface area contributed by atoms with E-state index >= 15 is 0 Å². The fourth-order valence-corrected chi connectivity index (χ4v) is 4.62. The number of nitrogens with two attached hydrogens (primary N) is 1. The van der Waals surface area contributed by atoms with Gasteiger partial charge in [-0.3, -0.25) is 9.79 Å². The van der Waals surface area contributed by atoms with Crippen LogP contribution in [0, 0.1) is 0 Å². The zero-order valence-corrected chi connectivity index (χ0v) is 27.4. The quantitative estimate of drug-likeness (QED) is 0.130. The van der Waals surface area contributed by atoms with Crippen LogP contribution in [0.3, 0.4) is 0 Å². The van der Waals surface area contributed by atoms with Gasteiger partial charge >= 0.3 is 0 Å². The van der Waals surface area contributed by atoms with Crippen LogP contribution in [0.25, 0.3) is 11.1 Å². The van der Waals surface area contributed by atoms with E-state index in [1.165, 1.54) is 32.1 Å². The van der Waals surface area contributed by atoms with Crippen LogP contribution < -0.4 is 5.73 Å². The number of unbranched alkanes of at least 4 members (excludes halogenated alkanes) is 6. The minimum Gasteiger partial charge on any atom is -0.396 e. The molecule has 1 aliphatic rings. The number of hydrogen-bond acceptors (Lipinski definition) is 4. The summed E-state index contributed by atoms with van der Waals surface area (Å²) in [6.07, 6.45) is 17.5. The van der Waals surface area contributed by atoms with Crippen LogP contribution in [-0.4, -0.2) is 35.3 Å². The highest BCUT2D eigenvalue weighted by molar-refractivity contribution is 6.33. The fraction of sp³-hybridized carbons (Fsp3) is 0.486. The van der Waals surface area contributed by atoms with Crippen molar-refractivity contribution in [3.63, 3.8) is 0 Å². The average molecular weight is 584 g/mol. The number of rotatable bonds is 14. The molecule has 1 aliphatic heterocycles. The first-order valence-electron chi connectivity index (χ1n) is 15.2. The molecule has 0 saturated heterocycles. The normalized spacial score (nSPS) is 13.9. The van der Waals surface area contributed by atoms with E-state index in [-0.39, 0.29) is 0 Å². The van der Waals surface area contributed by atoms with E-state index in [9.17, 15) is 4.79 Å². The van der Waals surface area contributed by atoms with Crippen LogP contribution in [0.1, 0.15) is 110 Å². The summed E-state index contributed by atoms with van der Waals surface area (Å²) in [6.45, 7) is 16.9. The second-order valence-electron chi connectivity index (χ2n) is 9.52. The van der Waals surface area contributed by atoms with Gasteiger partial charge in [0.25, 0.3) is 0 Å². The predicted octanol–water partition coefficient (Wildman–Crippen LogP) is 9.40. The summed E-state index contributed by atoms with van der Waals surface area (Å²) >= 11 is 6.88. The molecule has 0 aliphatic carbocycles. The predicted molar refractivity (Wildman–Crippen MR) is 181 cm³/mol. The van der Waals surface area contributed by atoms with Gasteiger partial charge < -0.3 is 15.7 Å². The number of aliphatic hydroxyl groups is 1. The third-order valence-electron chi connectivity index (χ3n) is 6.55. The number of carbonyl (C=O) groups is 1. The maximum Gasteiger partial charge on any atom is 0.248 e.